The number of rotatable bonds is 6. The van der Waals surface area contributed by atoms with Gasteiger partial charge >= 0.3 is 0 Å². The normalized spacial score (nSPS) is 12.5. The third kappa shape index (κ3) is 8.09. The molecule has 64 valence electrons. The van der Waals surface area contributed by atoms with E-state index >= 15 is 0 Å². The van der Waals surface area contributed by atoms with Gasteiger partial charge in [-0.25, -0.2) is 0 Å². The minimum atomic E-state index is -0.770. The van der Waals surface area contributed by atoms with Crippen molar-refractivity contribution in [2.75, 3.05) is 25.5 Å². The first-order valence-electron chi connectivity index (χ1n) is 3.16. The Morgan fingerprint density at radius 2 is 2.27 bits per heavy atom. The first-order chi connectivity index (χ1) is 5.31. The van der Waals surface area contributed by atoms with E-state index in [-0.39, 0.29) is 0 Å². The van der Waals surface area contributed by atoms with E-state index in [0.29, 0.717) is 19.0 Å². The summed E-state index contributed by atoms with van der Waals surface area (Å²) in [6.45, 7) is 2.37. The fourth-order valence-corrected chi connectivity index (χ4v) is 1.82. The Hall–Kier alpha value is 0.190. The highest BCUT2D eigenvalue weighted by molar-refractivity contribution is 7.98. The van der Waals surface area contributed by atoms with Crippen molar-refractivity contribution < 1.29 is 9.05 Å². The Balaban J connectivity index is 3.10. The molecule has 0 aliphatic rings. The van der Waals surface area contributed by atoms with Crippen LogP contribution in [-0.4, -0.2) is 25.5 Å². The van der Waals surface area contributed by atoms with Crippen LogP contribution in [-0.2, 0) is 9.05 Å². The molecule has 11 heavy (non-hydrogen) atoms. The van der Waals surface area contributed by atoms with Gasteiger partial charge in [0.15, 0.2) is 8.38 Å². The number of nitriles is 1. The number of nitrogens with zero attached hydrogens (tertiary/aromatic N) is 1. The maximum Gasteiger partial charge on any atom is 0.167 e. The molecule has 0 saturated heterocycles. The van der Waals surface area contributed by atoms with E-state index in [1.54, 1.807) is 11.8 Å². The summed E-state index contributed by atoms with van der Waals surface area (Å²) in [5.74, 6) is 0.661. The SMILES string of the molecule is CSCOP(C)OCCC#N. The molecule has 0 amide bonds. The molecule has 0 N–H and O–H groups in total. The minimum Gasteiger partial charge on any atom is -0.333 e. The lowest BCUT2D eigenvalue weighted by molar-refractivity contribution is 0.287. The molecule has 0 aromatic rings. The van der Waals surface area contributed by atoms with Crippen LogP contribution in [0.15, 0.2) is 0 Å². The second-order valence-electron chi connectivity index (χ2n) is 1.72. The molecule has 0 bridgehead atoms. The van der Waals surface area contributed by atoms with Gasteiger partial charge in [-0.15, -0.1) is 11.8 Å². The predicted octanol–water partition coefficient (Wildman–Crippen LogP) is 2.20. The summed E-state index contributed by atoms with van der Waals surface area (Å²) < 4.78 is 10.4. The van der Waals surface area contributed by atoms with Gasteiger partial charge in [-0.05, 0) is 6.26 Å². The Kier molecular flexibility index (Phi) is 8.43. The average molecular weight is 193 g/mol. The molecule has 0 radical (unpaired) electrons. The first-order valence-corrected chi connectivity index (χ1v) is 6.18. The maximum absolute atomic E-state index is 8.19. The molecule has 1 atom stereocenters. The highest BCUT2D eigenvalue weighted by Gasteiger charge is 2.00. The fourth-order valence-electron chi connectivity index (χ4n) is 0.384. The molecule has 3 nitrogen and oxygen atoms in total. The van der Waals surface area contributed by atoms with Crippen LogP contribution >= 0.6 is 20.1 Å². The van der Waals surface area contributed by atoms with Crippen molar-refractivity contribution in [1.29, 1.82) is 5.26 Å². The molecule has 0 spiro atoms. The van der Waals surface area contributed by atoms with Crippen LogP contribution in [0.4, 0.5) is 0 Å². The highest BCUT2D eigenvalue weighted by atomic mass is 32.2. The Morgan fingerprint density at radius 3 is 2.82 bits per heavy atom. The molecule has 0 saturated carbocycles. The summed E-state index contributed by atoms with van der Waals surface area (Å²) in [6, 6.07) is 2.00. The van der Waals surface area contributed by atoms with Gasteiger partial charge in [0.25, 0.3) is 0 Å². The van der Waals surface area contributed by atoms with Crippen LogP contribution in [0.2, 0.25) is 0 Å². The molecule has 0 fully saturated rings. The lowest BCUT2D eigenvalue weighted by Gasteiger charge is -2.10. The van der Waals surface area contributed by atoms with E-state index in [1.165, 1.54) is 0 Å². The van der Waals surface area contributed by atoms with Gasteiger partial charge in [-0.1, -0.05) is 0 Å². The van der Waals surface area contributed by atoms with Gasteiger partial charge in [0.2, 0.25) is 0 Å². The monoisotopic (exact) mass is 193 g/mol. The Labute approximate surface area is 73.0 Å². The maximum atomic E-state index is 8.19. The van der Waals surface area contributed by atoms with Crippen molar-refractivity contribution >= 4 is 20.1 Å². The van der Waals surface area contributed by atoms with Crippen LogP contribution in [0.1, 0.15) is 6.42 Å². The lowest BCUT2D eigenvalue weighted by Crippen LogP contribution is -1.90. The number of thioether (sulfide) groups is 1. The smallest absolute Gasteiger partial charge is 0.167 e. The predicted molar refractivity (Wildman–Crippen MR) is 48.5 cm³/mol. The molecule has 0 aromatic heterocycles. The molecule has 0 rings (SSSR count). The van der Waals surface area contributed by atoms with Crippen molar-refractivity contribution in [3.8, 4) is 6.07 Å². The summed E-state index contributed by atoms with van der Waals surface area (Å²) in [6.07, 6.45) is 2.41. The zero-order valence-corrected chi connectivity index (χ0v) is 8.45. The van der Waals surface area contributed by atoms with Crippen LogP contribution in [0, 0.1) is 11.3 Å². The lowest BCUT2D eigenvalue weighted by atomic mass is 10.5. The summed E-state index contributed by atoms with van der Waals surface area (Å²) in [5, 5.41) is 8.19. The third-order valence-corrected chi connectivity index (χ3v) is 2.41. The molecule has 0 aliphatic carbocycles. The molecular weight excluding hydrogens is 181 g/mol. The molecule has 5 heteroatoms. The van der Waals surface area contributed by atoms with E-state index in [2.05, 4.69) is 0 Å². The van der Waals surface area contributed by atoms with Crippen molar-refractivity contribution in [2.24, 2.45) is 0 Å². The van der Waals surface area contributed by atoms with Crippen molar-refractivity contribution in [1.82, 2.24) is 0 Å². The van der Waals surface area contributed by atoms with Crippen molar-refractivity contribution in [2.45, 2.75) is 6.42 Å². The fraction of sp³-hybridized carbons (Fsp3) is 0.833. The van der Waals surface area contributed by atoms with Gasteiger partial charge in [-0.2, -0.15) is 5.26 Å². The molecule has 1 unspecified atom stereocenters. The first kappa shape index (κ1) is 11.2. The Morgan fingerprint density at radius 1 is 1.55 bits per heavy atom. The summed E-state index contributed by atoms with van der Waals surface area (Å²) in [5.41, 5.74) is 0. The van der Waals surface area contributed by atoms with Crippen LogP contribution in [0.25, 0.3) is 0 Å². The van der Waals surface area contributed by atoms with E-state index in [0.717, 1.165) is 0 Å². The second kappa shape index (κ2) is 8.29. The van der Waals surface area contributed by atoms with Gasteiger partial charge in [0, 0.05) is 6.66 Å². The largest absolute Gasteiger partial charge is 0.333 e. The average Bonchev–Trinajstić information content (AvgIpc) is 2.01. The van der Waals surface area contributed by atoms with Gasteiger partial charge in [-0.3, -0.25) is 0 Å². The highest BCUT2D eigenvalue weighted by Crippen LogP contribution is 2.33. The zero-order chi connectivity index (χ0) is 8.53. The standard InChI is InChI=1S/C6H12NO2PS/c1-10(9-6-11-2)8-5-3-4-7/h3,5-6H2,1-2H3. The minimum absolute atomic E-state index is 0.440. The Bertz CT molecular complexity index is 128. The van der Waals surface area contributed by atoms with Crippen LogP contribution in [0.3, 0.4) is 0 Å². The number of hydrogen-bond acceptors (Lipinski definition) is 4. The van der Waals surface area contributed by atoms with Crippen LogP contribution < -0.4 is 0 Å². The van der Waals surface area contributed by atoms with Crippen molar-refractivity contribution in [3.05, 3.63) is 0 Å². The summed E-state index contributed by atoms with van der Waals surface area (Å²) in [7, 11) is -0.770. The zero-order valence-electron chi connectivity index (χ0n) is 6.74. The molecule has 0 aliphatic heterocycles. The van der Waals surface area contributed by atoms with E-state index in [9.17, 15) is 0 Å². The van der Waals surface area contributed by atoms with E-state index in [4.69, 9.17) is 14.3 Å². The van der Waals surface area contributed by atoms with Crippen LogP contribution in [0.5, 0.6) is 0 Å². The van der Waals surface area contributed by atoms with E-state index < -0.39 is 8.38 Å². The van der Waals surface area contributed by atoms with Crippen molar-refractivity contribution in [3.63, 3.8) is 0 Å². The quantitative estimate of drug-likeness (QED) is 0.368. The van der Waals surface area contributed by atoms with Gasteiger partial charge < -0.3 is 9.05 Å². The molecule has 0 heterocycles. The van der Waals surface area contributed by atoms with E-state index in [1.807, 2.05) is 19.0 Å². The summed E-state index contributed by atoms with van der Waals surface area (Å²) >= 11 is 1.62. The number of hydrogen-bond donors (Lipinski definition) is 0. The summed E-state index contributed by atoms with van der Waals surface area (Å²) in [4.78, 5) is 0. The topological polar surface area (TPSA) is 42.2 Å². The molecular formula is C6H12NO2PS. The molecule has 0 aromatic carbocycles. The van der Waals surface area contributed by atoms with Gasteiger partial charge in [0.05, 0.1) is 25.0 Å². The van der Waals surface area contributed by atoms with Gasteiger partial charge in [0.1, 0.15) is 0 Å². The third-order valence-electron chi connectivity index (χ3n) is 0.839. The second-order valence-corrected chi connectivity index (χ2v) is 3.93.